The Morgan fingerprint density at radius 3 is 2.34 bits per heavy atom. The first kappa shape index (κ1) is 21.8. The summed E-state index contributed by atoms with van der Waals surface area (Å²) in [6.07, 6.45) is 0.326. The van der Waals surface area contributed by atoms with Gasteiger partial charge in [-0.25, -0.2) is 17.5 Å². The maximum atomic E-state index is 13.7. The Bertz CT molecular complexity index is 993. The van der Waals surface area contributed by atoms with Gasteiger partial charge in [0.25, 0.3) is 0 Å². The third kappa shape index (κ3) is 5.16. The van der Waals surface area contributed by atoms with Gasteiger partial charge in [0, 0.05) is 41.5 Å². The number of hydrogen-bond donors (Lipinski definition) is 1. The van der Waals surface area contributed by atoms with Gasteiger partial charge in [-0.2, -0.15) is 11.8 Å². The molecule has 1 N–H and O–H groups in total. The number of imide groups is 1. The molecule has 2 aromatic rings. The number of halogens is 2. The standard InChI is InChI=1S/C19H18ClFN2O4S2/c20-16-2-1-3-17(21)15(16)12-28-11-10-22-29(26,27)14-6-4-13(5-7-14)23-18(24)8-9-19(23)25/h1-7,22H,8-12H2. The first-order valence-corrected chi connectivity index (χ1v) is 11.8. The summed E-state index contributed by atoms with van der Waals surface area (Å²) in [5.41, 5.74) is 0.748. The van der Waals surface area contributed by atoms with Crippen LogP contribution in [-0.2, 0) is 25.4 Å². The molecule has 10 heteroatoms. The van der Waals surface area contributed by atoms with E-state index in [-0.39, 0.29) is 41.9 Å². The number of rotatable bonds is 8. The number of carbonyl (C=O) groups is 2. The van der Waals surface area contributed by atoms with Gasteiger partial charge in [0.05, 0.1) is 10.6 Å². The number of carbonyl (C=O) groups excluding carboxylic acids is 2. The molecule has 0 radical (unpaired) electrons. The molecule has 1 aliphatic heterocycles. The maximum absolute atomic E-state index is 13.7. The third-order valence-electron chi connectivity index (χ3n) is 4.30. The van der Waals surface area contributed by atoms with Gasteiger partial charge < -0.3 is 0 Å². The van der Waals surface area contributed by atoms with Gasteiger partial charge in [0.15, 0.2) is 0 Å². The molecule has 0 saturated carbocycles. The summed E-state index contributed by atoms with van der Waals surface area (Å²) >= 11 is 7.32. The minimum atomic E-state index is -3.74. The fraction of sp³-hybridized carbons (Fsp3) is 0.263. The molecule has 1 aliphatic rings. The van der Waals surface area contributed by atoms with Crippen molar-refractivity contribution in [2.24, 2.45) is 0 Å². The van der Waals surface area contributed by atoms with E-state index in [9.17, 15) is 22.4 Å². The summed E-state index contributed by atoms with van der Waals surface area (Å²) in [6.45, 7) is 0.157. The number of hydrogen-bond acceptors (Lipinski definition) is 5. The van der Waals surface area contributed by atoms with Gasteiger partial charge in [0.1, 0.15) is 5.82 Å². The maximum Gasteiger partial charge on any atom is 0.240 e. The van der Waals surface area contributed by atoms with Gasteiger partial charge in [-0.15, -0.1) is 0 Å². The van der Waals surface area contributed by atoms with E-state index in [2.05, 4.69) is 4.72 Å². The van der Waals surface area contributed by atoms with Gasteiger partial charge in [0.2, 0.25) is 21.8 Å². The van der Waals surface area contributed by atoms with Crippen LogP contribution in [0.3, 0.4) is 0 Å². The van der Waals surface area contributed by atoms with Crippen LogP contribution >= 0.6 is 23.4 Å². The average Bonchev–Trinajstić information content (AvgIpc) is 3.02. The molecule has 0 aliphatic carbocycles. The Balaban J connectivity index is 1.53. The predicted octanol–water partition coefficient (Wildman–Crippen LogP) is 3.34. The van der Waals surface area contributed by atoms with Gasteiger partial charge in [-0.1, -0.05) is 17.7 Å². The van der Waals surface area contributed by atoms with Crippen LogP contribution < -0.4 is 9.62 Å². The molecule has 0 bridgehead atoms. The smallest absolute Gasteiger partial charge is 0.240 e. The van der Waals surface area contributed by atoms with E-state index in [1.54, 1.807) is 6.07 Å². The van der Waals surface area contributed by atoms with E-state index in [0.29, 0.717) is 27.8 Å². The first-order valence-electron chi connectivity index (χ1n) is 8.76. The van der Waals surface area contributed by atoms with Crippen LogP contribution in [0.4, 0.5) is 10.1 Å². The van der Waals surface area contributed by atoms with Crippen LogP contribution in [-0.4, -0.2) is 32.5 Å². The molecule has 1 saturated heterocycles. The number of anilines is 1. The van der Waals surface area contributed by atoms with Crippen molar-refractivity contribution in [3.8, 4) is 0 Å². The molecule has 3 rings (SSSR count). The Kier molecular flexibility index (Phi) is 6.94. The van der Waals surface area contributed by atoms with Crippen LogP contribution in [0.5, 0.6) is 0 Å². The van der Waals surface area contributed by atoms with Crippen LogP contribution in [0.1, 0.15) is 18.4 Å². The largest absolute Gasteiger partial charge is 0.274 e. The molecule has 2 amide bonds. The number of sulfonamides is 1. The van der Waals surface area contributed by atoms with E-state index in [1.807, 2.05) is 0 Å². The molecule has 29 heavy (non-hydrogen) atoms. The summed E-state index contributed by atoms with van der Waals surface area (Å²) in [4.78, 5) is 24.6. The summed E-state index contributed by atoms with van der Waals surface area (Å²) in [5.74, 6) is -0.217. The van der Waals surface area contributed by atoms with Crippen LogP contribution in [0.15, 0.2) is 47.4 Å². The topological polar surface area (TPSA) is 83.6 Å². The lowest BCUT2D eigenvalue weighted by Gasteiger charge is -2.14. The van der Waals surface area contributed by atoms with Crippen LogP contribution in [0.2, 0.25) is 5.02 Å². The highest BCUT2D eigenvalue weighted by molar-refractivity contribution is 7.98. The zero-order chi connectivity index (χ0) is 21.0. The molecule has 0 atom stereocenters. The van der Waals surface area contributed by atoms with E-state index in [4.69, 9.17) is 11.6 Å². The van der Waals surface area contributed by atoms with Crippen LogP contribution in [0.25, 0.3) is 0 Å². The van der Waals surface area contributed by atoms with Gasteiger partial charge in [-0.3, -0.25) is 14.5 Å². The second-order valence-electron chi connectivity index (χ2n) is 6.27. The predicted molar refractivity (Wildman–Crippen MR) is 111 cm³/mol. The van der Waals surface area contributed by atoms with Crippen molar-refractivity contribution in [3.63, 3.8) is 0 Å². The Morgan fingerprint density at radius 2 is 1.72 bits per heavy atom. The average molecular weight is 457 g/mol. The lowest BCUT2D eigenvalue weighted by atomic mass is 10.2. The minimum Gasteiger partial charge on any atom is -0.274 e. The molecule has 0 spiro atoms. The zero-order valence-corrected chi connectivity index (χ0v) is 17.6. The number of nitrogens with one attached hydrogen (secondary N) is 1. The zero-order valence-electron chi connectivity index (χ0n) is 15.2. The molecule has 0 aromatic heterocycles. The molecule has 0 unspecified atom stereocenters. The highest BCUT2D eigenvalue weighted by Crippen LogP contribution is 2.25. The molecular weight excluding hydrogens is 439 g/mol. The van der Waals surface area contributed by atoms with Crippen molar-refractivity contribution in [1.29, 1.82) is 0 Å². The highest BCUT2D eigenvalue weighted by atomic mass is 35.5. The van der Waals surface area contributed by atoms with Crippen LogP contribution in [0, 0.1) is 5.82 Å². The summed E-state index contributed by atoms with van der Waals surface area (Å²) in [7, 11) is -3.74. The van der Waals surface area contributed by atoms with Crippen molar-refractivity contribution in [2.75, 3.05) is 17.2 Å². The third-order valence-corrected chi connectivity index (χ3v) is 7.12. The van der Waals surface area contributed by atoms with Crippen molar-refractivity contribution in [1.82, 2.24) is 4.72 Å². The quantitative estimate of drug-likeness (QED) is 0.486. The monoisotopic (exact) mass is 456 g/mol. The highest BCUT2D eigenvalue weighted by Gasteiger charge is 2.30. The molecule has 154 valence electrons. The number of benzene rings is 2. The molecule has 1 fully saturated rings. The Hall–Kier alpha value is -1.94. The molecule has 2 aromatic carbocycles. The van der Waals surface area contributed by atoms with Crippen molar-refractivity contribution < 1.29 is 22.4 Å². The van der Waals surface area contributed by atoms with Gasteiger partial charge in [-0.05, 0) is 36.4 Å². The number of nitrogens with zero attached hydrogens (tertiary/aromatic N) is 1. The van der Waals surface area contributed by atoms with E-state index in [0.717, 1.165) is 4.90 Å². The number of thioether (sulfide) groups is 1. The fourth-order valence-electron chi connectivity index (χ4n) is 2.81. The number of amides is 2. The second kappa shape index (κ2) is 9.25. The lowest BCUT2D eigenvalue weighted by molar-refractivity contribution is -0.121. The van der Waals surface area contributed by atoms with Crippen molar-refractivity contribution >= 4 is 50.9 Å². The summed E-state index contributed by atoms with van der Waals surface area (Å²) < 4.78 is 41.0. The molecular formula is C19H18ClFN2O4S2. The van der Waals surface area contributed by atoms with E-state index < -0.39 is 10.0 Å². The molecule has 1 heterocycles. The molecule has 6 nitrogen and oxygen atoms in total. The van der Waals surface area contributed by atoms with Crippen molar-refractivity contribution in [3.05, 3.63) is 58.9 Å². The Morgan fingerprint density at radius 1 is 1.07 bits per heavy atom. The normalized spacial score (nSPS) is 14.6. The summed E-state index contributed by atoms with van der Waals surface area (Å²) in [5, 5.41) is 0.341. The second-order valence-corrected chi connectivity index (χ2v) is 9.55. The Labute approximate surface area is 177 Å². The lowest BCUT2D eigenvalue weighted by Crippen LogP contribution is -2.29. The summed E-state index contributed by atoms with van der Waals surface area (Å²) in [6, 6.07) is 10.0. The van der Waals surface area contributed by atoms with E-state index in [1.165, 1.54) is 48.2 Å². The first-order chi connectivity index (χ1) is 13.8. The van der Waals surface area contributed by atoms with E-state index >= 15 is 0 Å². The minimum absolute atomic E-state index is 0.0301. The van der Waals surface area contributed by atoms with Gasteiger partial charge >= 0.3 is 0 Å². The fourth-order valence-corrected chi connectivity index (χ4v) is 5.17. The van der Waals surface area contributed by atoms with Crippen molar-refractivity contribution in [2.45, 2.75) is 23.5 Å². The SMILES string of the molecule is O=C1CCC(=O)N1c1ccc(S(=O)(=O)NCCSCc2c(F)cccc2Cl)cc1.